The molecular formula is C38H22FN3. The molecule has 7 aromatic rings. The summed E-state index contributed by atoms with van der Waals surface area (Å²) in [6.07, 6.45) is 0. The number of benzene rings is 6. The maximum atomic E-state index is 15.2. The van der Waals surface area contributed by atoms with Gasteiger partial charge in [-0.2, -0.15) is 10.5 Å². The van der Waals surface area contributed by atoms with E-state index in [-0.39, 0.29) is 11.1 Å². The summed E-state index contributed by atoms with van der Waals surface area (Å²) in [5.41, 5.74) is 7.78. The van der Waals surface area contributed by atoms with Crippen LogP contribution in [0.5, 0.6) is 0 Å². The molecule has 0 saturated heterocycles. The van der Waals surface area contributed by atoms with Crippen molar-refractivity contribution in [1.29, 1.82) is 10.5 Å². The Morgan fingerprint density at radius 3 is 1.81 bits per heavy atom. The van der Waals surface area contributed by atoms with Crippen LogP contribution in [0.2, 0.25) is 0 Å². The van der Waals surface area contributed by atoms with Gasteiger partial charge in [0.2, 0.25) is 0 Å². The summed E-state index contributed by atoms with van der Waals surface area (Å²) < 4.78 is 17.4. The second-order valence-corrected chi connectivity index (χ2v) is 10.1. The second kappa shape index (κ2) is 10.2. The third-order valence-electron chi connectivity index (χ3n) is 7.75. The van der Waals surface area contributed by atoms with E-state index in [9.17, 15) is 10.5 Å². The van der Waals surface area contributed by atoms with Crippen molar-refractivity contribution in [2.24, 2.45) is 0 Å². The summed E-state index contributed by atoms with van der Waals surface area (Å²) in [7, 11) is 0. The van der Waals surface area contributed by atoms with Crippen molar-refractivity contribution >= 4 is 21.8 Å². The fraction of sp³-hybridized carbons (Fsp3) is 0. The van der Waals surface area contributed by atoms with E-state index in [0.29, 0.717) is 11.1 Å². The Labute approximate surface area is 242 Å². The molecule has 0 aliphatic rings. The van der Waals surface area contributed by atoms with Gasteiger partial charge < -0.3 is 4.57 Å². The number of aromatic nitrogens is 1. The monoisotopic (exact) mass is 539 g/mol. The fourth-order valence-electron chi connectivity index (χ4n) is 5.85. The lowest BCUT2D eigenvalue weighted by atomic mass is 9.90. The molecule has 0 saturated carbocycles. The molecule has 0 unspecified atom stereocenters. The topological polar surface area (TPSA) is 52.5 Å². The van der Waals surface area contributed by atoms with E-state index in [0.717, 1.165) is 49.7 Å². The van der Waals surface area contributed by atoms with Crippen LogP contribution in [-0.4, -0.2) is 4.57 Å². The van der Waals surface area contributed by atoms with Crippen molar-refractivity contribution in [3.63, 3.8) is 0 Å². The molecule has 0 N–H and O–H groups in total. The van der Waals surface area contributed by atoms with Crippen molar-refractivity contribution in [1.82, 2.24) is 4.57 Å². The molecule has 0 spiro atoms. The van der Waals surface area contributed by atoms with Crippen molar-refractivity contribution in [3.8, 4) is 51.2 Å². The zero-order valence-electron chi connectivity index (χ0n) is 22.4. The number of nitrogens with zero attached hydrogens (tertiary/aromatic N) is 3. The maximum absolute atomic E-state index is 15.2. The van der Waals surface area contributed by atoms with E-state index in [1.165, 1.54) is 12.1 Å². The fourth-order valence-corrected chi connectivity index (χ4v) is 5.85. The van der Waals surface area contributed by atoms with Gasteiger partial charge in [-0.05, 0) is 70.8 Å². The minimum Gasteiger partial charge on any atom is -0.309 e. The minimum atomic E-state index is -0.654. The first-order valence-electron chi connectivity index (χ1n) is 13.6. The number of nitriles is 2. The zero-order valence-corrected chi connectivity index (χ0v) is 22.4. The molecule has 0 atom stereocenters. The average Bonchev–Trinajstić information content (AvgIpc) is 3.39. The minimum absolute atomic E-state index is 0.143. The zero-order chi connectivity index (χ0) is 28.6. The quantitative estimate of drug-likeness (QED) is 0.224. The largest absolute Gasteiger partial charge is 0.309 e. The first kappa shape index (κ1) is 25.0. The number of halogens is 1. The highest BCUT2D eigenvalue weighted by molar-refractivity contribution is 6.16. The summed E-state index contributed by atoms with van der Waals surface area (Å²) in [5.74, 6) is -0.654. The van der Waals surface area contributed by atoms with Crippen LogP contribution in [-0.2, 0) is 0 Å². The van der Waals surface area contributed by atoms with Gasteiger partial charge in [0, 0.05) is 27.6 Å². The molecule has 0 fully saturated rings. The molecule has 6 aromatic carbocycles. The average molecular weight is 540 g/mol. The van der Waals surface area contributed by atoms with Crippen LogP contribution in [0, 0.1) is 28.5 Å². The SMILES string of the molecule is N#Cc1ccc(F)c(C#N)c1-c1cc(-c2ccccc2)cc2c3cc(-c4ccccc4)ccc3n(-c3ccccc3)c12. The van der Waals surface area contributed by atoms with Crippen LogP contribution in [0.1, 0.15) is 11.1 Å². The van der Waals surface area contributed by atoms with Gasteiger partial charge >= 0.3 is 0 Å². The Kier molecular flexibility index (Phi) is 6.08. The smallest absolute Gasteiger partial charge is 0.141 e. The highest BCUT2D eigenvalue weighted by Gasteiger charge is 2.24. The highest BCUT2D eigenvalue weighted by Crippen LogP contribution is 2.44. The highest BCUT2D eigenvalue weighted by atomic mass is 19.1. The van der Waals surface area contributed by atoms with Gasteiger partial charge in [0.15, 0.2) is 0 Å². The predicted molar refractivity (Wildman–Crippen MR) is 166 cm³/mol. The molecule has 196 valence electrons. The van der Waals surface area contributed by atoms with E-state index < -0.39 is 5.82 Å². The molecule has 4 heteroatoms. The van der Waals surface area contributed by atoms with Crippen LogP contribution in [0.15, 0.2) is 133 Å². The van der Waals surface area contributed by atoms with Gasteiger partial charge in [-0.3, -0.25) is 0 Å². The standard InChI is InChI=1S/C38H22FN3/c39-35-18-16-28(23-40)37(34(35)24-41)33-22-29(26-12-6-2-7-13-26)21-32-31-20-27(25-10-4-1-5-11-25)17-19-36(31)42(38(32)33)30-14-8-3-9-15-30/h1-22H. The summed E-state index contributed by atoms with van der Waals surface area (Å²) >= 11 is 0. The van der Waals surface area contributed by atoms with Gasteiger partial charge in [-0.15, -0.1) is 0 Å². The van der Waals surface area contributed by atoms with Crippen molar-refractivity contribution in [2.75, 3.05) is 0 Å². The lowest BCUT2D eigenvalue weighted by molar-refractivity contribution is 0.624. The Hall–Kier alpha value is -5.97. The number of rotatable bonds is 4. The van der Waals surface area contributed by atoms with Crippen molar-refractivity contribution in [3.05, 3.63) is 150 Å². The molecule has 0 bridgehead atoms. The van der Waals surface area contributed by atoms with Crippen LogP contribution in [0.25, 0.3) is 60.9 Å². The van der Waals surface area contributed by atoms with Gasteiger partial charge in [0.25, 0.3) is 0 Å². The first-order chi connectivity index (χ1) is 20.7. The van der Waals surface area contributed by atoms with Crippen LogP contribution >= 0.6 is 0 Å². The number of fused-ring (bicyclic) bond motifs is 3. The summed E-state index contributed by atoms with van der Waals surface area (Å²) in [6, 6.07) is 47.6. The van der Waals surface area contributed by atoms with Gasteiger partial charge in [-0.1, -0.05) is 84.9 Å². The normalized spacial score (nSPS) is 10.9. The van der Waals surface area contributed by atoms with Gasteiger partial charge in [-0.25, -0.2) is 4.39 Å². The molecule has 1 aromatic heterocycles. The molecule has 0 aliphatic heterocycles. The predicted octanol–water partition coefficient (Wildman–Crippen LogP) is 9.67. The maximum Gasteiger partial charge on any atom is 0.141 e. The Bertz CT molecular complexity index is 2200. The first-order valence-corrected chi connectivity index (χ1v) is 13.6. The van der Waals surface area contributed by atoms with E-state index in [2.05, 4.69) is 47.0 Å². The van der Waals surface area contributed by atoms with Crippen LogP contribution in [0.3, 0.4) is 0 Å². The van der Waals surface area contributed by atoms with Crippen LogP contribution < -0.4 is 0 Å². The van der Waals surface area contributed by atoms with Gasteiger partial charge in [0.1, 0.15) is 11.9 Å². The molecule has 0 aliphatic carbocycles. The number of hydrogen-bond acceptors (Lipinski definition) is 2. The summed E-state index contributed by atoms with van der Waals surface area (Å²) in [4.78, 5) is 0. The molecule has 1 heterocycles. The van der Waals surface area contributed by atoms with Gasteiger partial charge in [0.05, 0.1) is 28.2 Å². The number of hydrogen-bond donors (Lipinski definition) is 0. The third kappa shape index (κ3) is 4.03. The van der Waals surface area contributed by atoms with Crippen molar-refractivity contribution in [2.45, 2.75) is 0 Å². The van der Waals surface area contributed by atoms with Crippen LogP contribution in [0.4, 0.5) is 4.39 Å². The lowest BCUT2D eigenvalue weighted by Gasteiger charge is -2.15. The third-order valence-corrected chi connectivity index (χ3v) is 7.75. The van der Waals surface area contributed by atoms with E-state index in [1.807, 2.05) is 91.0 Å². The Balaban J connectivity index is 1.71. The summed E-state index contributed by atoms with van der Waals surface area (Å²) in [6.45, 7) is 0. The second-order valence-electron chi connectivity index (χ2n) is 10.1. The molecular weight excluding hydrogens is 517 g/mol. The molecule has 7 rings (SSSR count). The molecule has 3 nitrogen and oxygen atoms in total. The summed E-state index contributed by atoms with van der Waals surface area (Å²) in [5, 5.41) is 22.2. The van der Waals surface area contributed by atoms with E-state index >= 15 is 4.39 Å². The number of para-hydroxylation sites is 1. The Morgan fingerprint density at radius 2 is 1.17 bits per heavy atom. The Morgan fingerprint density at radius 1 is 0.548 bits per heavy atom. The van der Waals surface area contributed by atoms with E-state index in [1.54, 1.807) is 0 Å². The molecule has 42 heavy (non-hydrogen) atoms. The molecule has 0 radical (unpaired) electrons. The van der Waals surface area contributed by atoms with Crippen molar-refractivity contribution < 1.29 is 4.39 Å². The van der Waals surface area contributed by atoms with E-state index in [4.69, 9.17) is 0 Å². The lowest BCUT2D eigenvalue weighted by Crippen LogP contribution is -1.99. The molecule has 0 amide bonds.